The Balaban J connectivity index is 1.97. The highest BCUT2D eigenvalue weighted by atomic mass is 15.3. The van der Waals surface area contributed by atoms with Crippen LogP contribution in [0.4, 0.5) is 0 Å². The molecule has 14 heavy (non-hydrogen) atoms. The van der Waals surface area contributed by atoms with E-state index in [1.165, 1.54) is 5.69 Å². The van der Waals surface area contributed by atoms with Crippen LogP contribution < -0.4 is 5.73 Å². The minimum atomic E-state index is 0.336. The van der Waals surface area contributed by atoms with E-state index in [0.717, 1.165) is 19.6 Å². The van der Waals surface area contributed by atoms with Gasteiger partial charge in [0.05, 0.1) is 5.69 Å². The molecule has 0 spiro atoms. The zero-order chi connectivity index (χ0) is 10.1. The standard InChI is InChI=1S/C10H18N4/c1-8-5-14(7-10(8)11)6-9-3-4-12-13(9)2/h3-4,8,10H,5-7,11H2,1-2H3. The number of aryl methyl sites for hydroxylation is 1. The van der Waals surface area contributed by atoms with Crippen molar-refractivity contribution in [3.05, 3.63) is 18.0 Å². The van der Waals surface area contributed by atoms with E-state index in [1.807, 2.05) is 17.9 Å². The van der Waals surface area contributed by atoms with Crippen molar-refractivity contribution in [1.29, 1.82) is 0 Å². The number of hydrogen-bond donors (Lipinski definition) is 1. The second-order valence-electron chi connectivity index (χ2n) is 4.28. The summed E-state index contributed by atoms with van der Waals surface area (Å²) in [5, 5.41) is 4.16. The van der Waals surface area contributed by atoms with Crippen LogP contribution in [0.2, 0.25) is 0 Å². The minimum Gasteiger partial charge on any atom is -0.326 e. The van der Waals surface area contributed by atoms with Gasteiger partial charge in [0.15, 0.2) is 0 Å². The van der Waals surface area contributed by atoms with Crippen LogP contribution in [0.25, 0.3) is 0 Å². The first-order valence-corrected chi connectivity index (χ1v) is 5.11. The van der Waals surface area contributed by atoms with E-state index in [-0.39, 0.29) is 0 Å². The second-order valence-corrected chi connectivity index (χ2v) is 4.28. The lowest BCUT2D eigenvalue weighted by atomic mass is 10.1. The third kappa shape index (κ3) is 1.81. The highest BCUT2D eigenvalue weighted by molar-refractivity contribution is 5.01. The van der Waals surface area contributed by atoms with Crippen molar-refractivity contribution in [1.82, 2.24) is 14.7 Å². The Labute approximate surface area is 84.7 Å². The third-order valence-electron chi connectivity index (χ3n) is 3.05. The Hall–Kier alpha value is -0.870. The quantitative estimate of drug-likeness (QED) is 0.731. The minimum absolute atomic E-state index is 0.336. The molecule has 2 N–H and O–H groups in total. The molecule has 2 atom stereocenters. The van der Waals surface area contributed by atoms with E-state index in [2.05, 4.69) is 23.0 Å². The topological polar surface area (TPSA) is 47.1 Å². The molecule has 1 aliphatic heterocycles. The van der Waals surface area contributed by atoms with Gasteiger partial charge in [-0.15, -0.1) is 0 Å². The van der Waals surface area contributed by atoms with Crippen molar-refractivity contribution in [2.24, 2.45) is 18.7 Å². The molecule has 4 heteroatoms. The summed E-state index contributed by atoms with van der Waals surface area (Å²) in [6.45, 7) is 5.29. The molecule has 1 saturated heterocycles. The first-order chi connectivity index (χ1) is 6.66. The van der Waals surface area contributed by atoms with Gasteiger partial charge in [-0.1, -0.05) is 6.92 Å². The molecule has 0 bridgehead atoms. The lowest BCUT2D eigenvalue weighted by Crippen LogP contribution is -2.28. The average molecular weight is 194 g/mol. The first-order valence-electron chi connectivity index (χ1n) is 5.11. The van der Waals surface area contributed by atoms with E-state index >= 15 is 0 Å². The molecular weight excluding hydrogens is 176 g/mol. The Kier molecular flexibility index (Phi) is 2.56. The van der Waals surface area contributed by atoms with Crippen molar-refractivity contribution < 1.29 is 0 Å². The number of rotatable bonds is 2. The summed E-state index contributed by atoms with van der Waals surface area (Å²) >= 11 is 0. The molecule has 0 aliphatic carbocycles. The lowest BCUT2D eigenvalue weighted by Gasteiger charge is -2.14. The van der Waals surface area contributed by atoms with Crippen LogP contribution in [0.1, 0.15) is 12.6 Å². The number of aromatic nitrogens is 2. The molecule has 78 valence electrons. The summed E-state index contributed by atoms with van der Waals surface area (Å²) in [6.07, 6.45) is 1.84. The van der Waals surface area contributed by atoms with E-state index in [0.29, 0.717) is 12.0 Å². The van der Waals surface area contributed by atoms with Crippen molar-refractivity contribution in [3.8, 4) is 0 Å². The maximum Gasteiger partial charge on any atom is 0.0521 e. The molecule has 2 heterocycles. The third-order valence-corrected chi connectivity index (χ3v) is 3.05. The second kappa shape index (κ2) is 3.71. The van der Waals surface area contributed by atoms with Crippen LogP contribution in [0.15, 0.2) is 12.3 Å². The number of likely N-dealkylation sites (tertiary alicyclic amines) is 1. The van der Waals surface area contributed by atoms with E-state index < -0.39 is 0 Å². The van der Waals surface area contributed by atoms with Gasteiger partial charge in [0, 0.05) is 38.9 Å². The lowest BCUT2D eigenvalue weighted by molar-refractivity contribution is 0.309. The van der Waals surface area contributed by atoms with Gasteiger partial charge < -0.3 is 5.73 Å². The molecule has 4 nitrogen and oxygen atoms in total. The smallest absolute Gasteiger partial charge is 0.0521 e. The monoisotopic (exact) mass is 194 g/mol. The number of hydrogen-bond acceptors (Lipinski definition) is 3. The largest absolute Gasteiger partial charge is 0.326 e. The van der Waals surface area contributed by atoms with Crippen molar-refractivity contribution >= 4 is 0 Å². The summed E-state index contributed by atoms with van der Waals surface area (Å²) < 4.78 is 1.93. The molecule has 1 aromatic heterocycles. The van der Waals surface area contributed by atoms with E-state index in [4.69, 9.17) is 5.73 Å². The van der Waals surface area contributed by atoms with Crippen LogP contribution in [0.5, 0.6) is 0 Å². The van der Waals surface area contributed by atoms with Crippen molar-refractivity contribution in [2.75, 3.05) is 13.1 Å². The van der Waals surface area contributed by atoms with Crippen LogP contribution in [-0.4, -0.2) is 33.8 Å². The van der Waals surface area contributed by atoms with Gasteiger partial charge in [0.2, 0.25) is 0 Å². The highest BCUT2D eigenvalue weighted by Crippen LogP contribution is 2.16. The fraction of sp³-hybridized carbons (Fsp3) is 0.700. The zero-order valence-electron chi connectivity index (χ0n) is 8.85. The van der Waals surface area contributed by atoms with Gasteiger partial charge in [-0.05, 0) is 12.0 Å². The molecule has 0 radical (unpaired) electrons. The molecule has 0 amide bonds. The summed E-state index contributed by atoms with van der Waals surface area (Å²) in [5.74, 6) is 0.614. The summed E-state index contributed by atoms with van der Waals surface area (Å²) in [4.78, 5) is 2.40. The normalized spacial score (nSPS) is 28.5. The Morgan fingerprint density at radius 3 is 2.86 bits per heavy atom. The molecule has 2 rings (SSSR count). The van der Waals surface area contributed by atoms with Crippen molar-refractivity contribution in [3.63, 3.8) is 0 Å². The molecule has 1 aromatic rings. The van der Waals surface area contributed by atoms with Crippen LogP contribution in [-0.2, 0) is 13.6 Å². The van der Waals surface area contributed by atoms with Gasteiger partial charge >= 0.3 is 0 Å². The van der Waals surface area contributed by atoms with Crippen LogP contribution in [0, 0.1) is 5.92 Å². The first kappa shape index (κ1) is 9.68. The summed E-state index contributed by atoms with van der Waals surface area (Å²) in [6, 6.07) is 2.40. The molecule has 1 fully saturated rings. The van der Waals surface area contributed by atoms with Crippen LogP contribution in [0.3, 0.4) is 0 Å². The average Bonchev–Trinajstić information content (AvgIpc) is 2.63. The molecule has 0 aromatic carbocycles. The van der Waals surface area contributed by atoms with E-state index in [1.54, 1.807) is 0 Å². The highest BCUT2D eigenvalue weighted by Gasteiger charge is 2.26. The van der Waals surface area contributed by atoms with Gasteiger partial charge in [-0.25, -0.2) is 0 Å². The van der Waals surface area contributed by atoms with Gasteiger partial charge in [0.25, 0.3) is 0 Å². The number of nitrogens with zero attached hydrogens (tertiary/aromatic N) is 3. The summed E-state index contributed by atoms with van der Waals surface area (Å²) in [5.41, 5.74) is 7.23. The SMILES string of the molecule is CC1CN(Cc2ccnn2C)CC1N. The fourth-order valence-electron chi connectivity index (χ4n) is 2.01. The Morgan fingerprint density at radius 1 is 1.57 bits per heavy atom. The maximum atomic E-state index is 5.97. The van der Waals surface area contributed by atoms with Crippen molar-refractivity contribution in [2.45, 2.75) is 19.5 Å². The van der Waals surface area contributed by atoms with Crippen LogP contribution >= 0.6 is 0 Å². The van der Waals surface area contributed by atoms with Gasteiger partial charge in [0.1, 0.15) is 0 Å². The molecule has 2 unspecified atom stereocenters. The maximum absolute atomic E-state index is 5.97. The molecule has 0 saturated carbocycles. The molecular formula is C10H18N4. The molecule has 1 aliphatic rings. The Morgan fingerprint density at radius 2 is 2.36 bits per heavy atom. The predicted molar refractivity (Wildman–Crippen MR) is 55.6 cm³/mol. The summed E-state index contributed by atoms with van der Waals surface area (Å²) in [7, 11) is 1.98. The number of nitrogens with two attached hydrogens (primary N) is 1. The van der Waals surface area contributed by atoms with E-state index in [9.17, 15) is 0 Å². The van der Waals surface area contributed by atoms with Gasteiger partial charge in [-0.2, -0.15) is 5.10 Å². The fourth-order valence-corrected chi connectivity index (χ4v) is 2.01. The van der Waals surface area contributed by atoms with Gasteiger partial charge in [-0.3, -0.25) is 9.58 Å². The Bertz CT molecular complexity index is 297. The predicted octanol–water partition coefficient (Wildman–Crippen LogP) is 0.199. The zero-order valence-corrected chi connectivity index (χ0v) is 8.85.